The fourth-order valence-electron chi connectivity index (χ4n) is 3.58. The molecule has 1 saturated heterocycles. The van der Waals surface area contributed by atoms with E-state index in [1.807, 2.05) is 32.9 Å². The molecule has 6 nitrogen and oxygen atoms in total. The van der Waals surface area contributed by atoms with Gasteiger partial charge in [0.1, 0.15) is 18.0 Å². The van der Waals surface area contributed by atoms with E-state index < -0.39 is 15.4 Å². The fourth-order valence-corrected chi connectivity index (χ4v) is 4.21. The van der Waals surface area contributed by atoms with Crippen LogP contribution < -0.4 is 4.74 Å². The third-order valence-corrected chi connectivity index (χ3v) is 6.36. The molecule has 0 unspecified atom stereocenters. The van der Waals surface area contributed by atoms with Crippen LogP contribution in [-0.4, -0.2) is 44.4 Å². The van der Waals surface area contributed by atoms with Crippen molar-refractivity contribution in [1.29, 1.82) is 0 Å². The molecule has 0 aliphatic carbocycles. The normalized spacial score (nSPS) is 15.5. The molecule has 7 heteroatoms. The molecule has 0 bridgehead atoms. The second-order valence-corrected chi connectivity index (χ2v) is 11.0. The Morgan fingerprint density at radius 3 is 2.29 bits per heavy atom. The van der Waals surface area contributed by atoms with E-state index >= 15 is 0 Å². The SMILES string of the molecule is CC(C)(C)OC(=O)N1CCC(c2cccc(OCc3ccc(S(C)(=O)=O)cc3)c2)CC1. The van der Waals surface area contributed by atoms with Crippen LogP contribution in [0, 0.1) is 0 Å². The Morgan fingerprint density at radius 2 is 1.71 bits per heavy atom. The van der Waals surface area contributed by atoms with Crippen molar-refractivity contribution in [2.75, 3.05) is 19.3 Å². The van der Waals surface area contributed by atoms with Crippen LogP contribution in [0.1, 0.15) is 50.7 Å². The highest BCUT2D eigenvalue weighted by Gasteiger charge is 2.27. The highest BCUT2D eigenvalue weighted by molar-refractivity contribution is 7.90. The average Bonchev–Trinajstić information content (AvgIpc) is 2.71. The van der Waals surface area contributed by atoms with Gasteiger partial charge in [-0.2, -0.15) is 0 Å². The lowest BCUT2D eigenvalue weighted by Crippen LogP contribution is -2.41. The maximum atomic E-state index is 12.3. The number of benzene rings is 2. The summed E-state index contributed by atoms with van der Waals surface area (Å²) in [7, 11) is -3.20. The molecule has 0 aromatic heterocycles. The number of hydrogen-bond donors (Lipinski definition) is 0. The van der Waals surface area contributed by atoms with Gasteiger partial charge in [0.15, 0.2) is 9.84 Å². The van der Waals surface area contributed by atoms with E-state index in [0.29, 0.717) is 30.5 Å². The second kappa shape index (κ2) is 9.30. The Labute approximate surface area is 185 Å². The quantitative estimate of drug-likeness (QED) is 0.662. The van der Waals surface area contributed by atoms with E-state index in [4.69, 9.17) is 9.47 Å². The van der Waals surface area contributed by atoms with Crippen molar-refractivity contribution in [2.24, 2.45) is 0 Å². The molecular formula is C24H31NO5S. The number of piperidine rings is 1. The second-order valence-electron chi connectivity index (χ2n) is 9.02. The number of ether oxygens (including phenoxy) is 2. The molecule has 0 N–H and O–H groups in total. The molecule has 1 aliphatic heterocycles. The number of amides is 1. The van der Waals surface area contributed by atoms with Crippen LogP contribution in [0.15, 0.2) is 53.4 Å². The molecule has 1 fully saturated rings. The molecule has 0 atom stereocenters. The molecule has 31 heavy (non-hydrogen) atoms. The van der Waals surface area contributed by atoms with Crippen LogP contribution in [0.3, 0.4) is 0 Å². The summed E-state index contributed by atoms with van der Waals surface area (Å²) < 4.78 is 34.5. The van der Waals surface area contributed by atoms with Gasteiger partial charge in [0, 0.05) is 19.3 Å². The lowest BCUT2D eigenvalue weighted by atomic mass is 9.89. The zero-order valence-electron chi connectivity index (χ0n) is 18.6. The van der Waals surface area contributed by atoms with Gasteiger partial charge in [0.25, 0.3) is 0 Å². The maximum Gasteiger partial charge on any atom is 0.410 e. The Morgan fingerprint density at radius 1 is 1.06 bits per heavy atom. The third-order valence-electron chi connectivity index (χ3n) is 5.23. The van der Waals surface area contributed by atoms with Crippen molar-refractivity contribution >= 4 is 15.9 Å². The molecule has 168 valence electrons. The molecule has 1 amide bonds. The number of likely N-dealkylation sites (tertiary alicyclic amines) is 1. The topological polar surface area (TPSA) is 72.9 Å². The molecule has 1 heterocycles. The van der Waals surface area contributed by atoms with Crippen LogP contribution in [0.4, 0.5) is 4.79 Å². The van der Waals surface area contributed by atoms with Crippen LogP contribution in [-0.2, 0) is 21.2 Å². The van der Waals surface area contributed by atoms with E-state index in [1.54, 1.807) is 29.2 Å². The van der Waals surface area contributed by atoms with Crippen molar-refractivity contribution in [1.82, 2.24) is 4.90 Å². The molecule has 3 rings (SSSR count). The summed E-state index contributed by atoms with van der Waals surface area (Å²) in [4.78, 5) is 14.3. The van der Waals surface area contributed by atoms with E-state index in [2.05, 4.69) is 12.1 Å². The Kier molecular flexibility index (Phi) is 6.94. The number of carbonyl (C=O) groups excluding carboxylic acids is 1. The van der Waals surface area contributed by atoms with Gasteiger partial charge in [-0.15, -0.1) is 0 Å². The Balaban J connectivity index is 1.55. The predicted octanol–water partition coefficient (Wildman–Crippen LogP) is 4.78. The van der Waals surface area contributed by atoms with Gasteiger partial charge in [0.2, 0.25) is 0 Å². The third kappa shape index (κ3) is 6.72. The van der Waals surface area contributed by atoms with Gasteiger partial charge in [-0.05, 0) is 74.9 Å². The largest absolute Gasteiger partial charge is 0.489 e. The number of sulfone groups is 1. The van der Waals surface area contributed by atoms with Gasteiger partial charge in [0.05, 0.1) is 4.90 Å². The smallest absolute Gasteiger partial charge is 0.410 e. The van der Waals surface area contributed by atoms with Gasteiger partial charge in [-0.25, -0.2) is 13.2 Å². The lowest BCUT2D eigenvalue weighted by Gasteiger charge is -2.33. The van der Waals surface area contributed by atoms with Crippen molar-refractivity contribution < 1.29 is 22.7 Å². The first-order valence-electron chi connectivity index (χ1n) is 10.5. The number of carbonyl (C=O) groups is 1. The molecule has 0 saturated carbocycles. The number of nitrogens with zero attached hydrogens (tertiary/aromatic N) is 1. The summed E-state index contributed by atoms with van der Waals surface area (Å²) in [6.45, 7) is 7.36. The van der Waals surface area contributed by atoms with E-state index in [0.717, 1.165) is 24.2 Å². The maximum absolute atomic E-state index is 12.3. The summed E-state index contributed by atoms with van der Waals surface area (Å²) >= 11 is 0. The standard InChI is InChI=1S/C24H31NO5S/c1-24(2,3)30-23(26)25-14-12-19(13-15-25)20-6-5-7-21(16-20)29-17-18-8-10-22(11-9-18)31(4,27)28/h5-11,16,19H,12-15,17H2,1-4H3. The first-order chi connectivity index (χ1) is 14.5. The van der Waals surface area contributed by atoms with Crippen LogP contribution >= 0.6 is 0 Å². The minimum absolute atomic E-state index is 0.245. The highest BCUT2D eigenvalue weighted by Crippen LogP contribution is 2.31. The van der Waals surface area contributed by atoms with E-state index in [9.17, 15) is 13.2 Å². The van der Waals surface area contributed by atoms with Crippen molar-refractivity contribution in [2.45, 2.75) is 56.6 Å². The molecule has 2 aromatic rings. The zero-order valence-corrected chi connectivity index (χ0v) is 19.4. The average molecular weight is 446 g/mol. The minimum Gasteiger partial charge on any atom is -0.489 e. The first kappa shape index (κ1) is 23.1. The molecule has 2 aromatic carbocycles. The molecule has 1 aliphatic rings. The summed E-state index contributed by atoms with van der Waals surface area (Å²) in [6, 6.07) is 14.8. The molecule has 0 radical (unpaired) electrons. The summed E-state index contributed by atoms with van der Waals surface area (Å²) in [5, 5.41) is 0. The van der Waals surface area contributed by atoms with E-state index in [1.165, 1.54) is 11.8 Å². The van der Waals surface area contributed by atoms with Gasteiger partial charge < -0.3 is 14.4 Å². The van der Waals surface area contributed by atoms with Crippen LogP contribution in [0.2, 0.25) is 0 Å². The summed E-state index contributed by atoms with van der Waals surface area (Å²) in [6.07, 6.45) is 2.72. The number of hydrogen-bond acceptors (Lipinski definition) is 5. The van der Waals surface area contributed by atoms with Crippen molar-refractivity contribution in [3.63, 3.8) is 0 Å². The molecular weight excluding hydrogens is 414 g/mol. The Hall–Kier alpha value is -2.54. The lowest BCUT2D eigenvalue weighted by molar-refractivity contribution is 0.0204. The van der Waals surface area contributed by atoms with Crippen LogP contribution in [0.5, 0.6) is 5.75 Å². The Bertz CT molecular complexity index is 1000. The fraction of sp³-hybridized carbons (Fsp3) is 0.458. The highest BCUT2D eigenvalue weighted by atomic mass is 32.2. The van der Waals surface area contributed by atoms with Gasteiger partial charge in [-0.3, -0.25) is 0 Å². The zero-order chi connectivity index (χ0) is 22.6. The predicted molar refractivity (Wildman–Crippen MR) is 120 cm³/mol. The first-order valence-corrected chi connectivity index (χ1v) is 12.4. The van der Waals surface area contributed by atoms with Gasteiger partial charge >= 0.3 is 6.09 Å². The monoisotopic (exact) mass is 445 g/mol. The van der Waals surface area contributed by atoms with Crippen molar-refractivity contribution in [3.8, 4) is 5.75 Å². The summed E-state index contributed by atoms with van der Waals surface area (Å²) in [5.74, 6) is 1.15. The minimum atomic E-state index is -3.20. The van der Waals surface area contributed by atoms with Crippen LogP contribution in [0.25, 0.3) is 0 Å². The van der Waals surface area contributed by atoms with Gasteiger partial charge in [-0.1, -0.05) is 24.3 Å². The van der Waals surface area contributed by atoms with E-state index in [-0.39, 0.29) is 6.09 Å². The molecule has 0 spiro atoms. The number of rotatable bonds is 5. The van der Waals surface area contributed by atoms with Crippen molar-refractivity contribution in [3.05, 3.63) is 59.7 Å². The summed E-state index contributed by atoms with van der Waals surface area (Å²) in [5.41, 5.74) is 1.63.